The van der Waals surface area contributed by atoms with Gasteiger partial charge in [-0.3, -0.25) is 0 Å². The first-order valence-corrected chi connectivity index (χ1v) is 9.55. The van der Waals surface area contributed by atoms with Gasteiger partial charge in [0.25, 0.3) is 0 Å². The third-order valence-corrected chi connectivity index (χ3v) is 4.72. The molecule has 146 valence electrons. The summed E-state index contributed by atoms with van der Waals surface area (Å²) >= 11 is 0. The Labute approximate surface area is 173 Å². The number of aryl methyl sites for hydroxylation is 1. The third-order valence-electron chi connectivity index (χ3n) is 4.72. The molecule has 0 aliphatic rings. The number of benzene rings is 3. The molecule has 0 amide bonds. The number of allylic oxidation sites excluding steroid dienone is 1. The quantitative estimate of drug-likeness (QED) is 0.308. The van der Waals surface area contributed by atoms with Crippen LogP contribution in [0.2, 0.25) is 0 Å². The predicted octanol–water partition coefficient (Wildman–Crippen LogP) is 6.09. The number of hydrogen-bond acceptors (Lipinski definition) is 2. The lowest BCUT2D eigenvalue weighted by atomic mass is 10.1. The number of rotatable bonds is 4. The van der Waals surface area contributed by atoms with Crippen molar-refractivity contribution in [2.75, 3.05) is 0 Å². The summed E-state index contributed by atoms with van der Waals surface area (Å²) in [5, 5.41) is 1.25. The summed E-state index contributed by atoms with van der Waals surface area (Å²) in [5.41, 5.74) is 3.57. The number of fused-ring (bicyclic) bond motifs is 1. The molecule has 1 aromatic heterocycles. The van der Waals surface area contributed by atoms with Crippen molar-refractivity contribution in [3.63, 3.8) is 0 Å². The maximum atomic E-state index is 13.5. The van der Waals surface area contributed by atoms with E-state index in [1.165, 1.54) is 12.1 Å². The molecule has 0 aliphatic carbocycles. The van der Waals surface area contributed by atoms with Gasteiger partial charge in [0.2, 0.25) is 0 Å². The Hall–Kier alpha value is -3.84. The summed E-state index contributed by atoms with van der Waals surface area (Å²) < 4.78 is 26.8. The van der Waals surface area contributed by atoms with Crippen molar-refractivity contribution in [3.05, 3.63) is 108 Å². The van der Waals surface area contributed by atoms with Crippen LogP contribution in [0.1, 0.15) is 23.1 Å². The monoisotopic (exact) mass is 396 g/mol. The highest BCUT2D eigenvalue weighted by Gasteiger charge is 2.04. The van der Waals surface area contributed by atoms with Gasteiger partial charge in [-0.05, 0) is 77.7 Å². The number of nitrogens with zero attached hydrogens (tertiary/aromatic N) is 2. The van der Waals surface area contributed by atoms with Crippen LogP contribution in [0.3, 0.4) is 0 Å². The fourth-order valence-corrected chi connectivity index (χ4v) is 3.07. The molecule has 30 heavy (non-hydrogen) atoms. The highest BCUT2D eigenvalue weighted by Crippen LogP contribution is 2.20. The largest absolute Gasteiger partial charge is 0.236 e. The van der Waals surface area contributed by atoms with E-state index in [4.69, 9.17) is 0 Å². The normalized spacial score (nSPS) is 10.5. The Kier molecular flexibility index (Phi) is 5.63. The Balaban J connectivity index is 1.51. The van der Waals surface area contributed by atoms with Gasteiger partial charge in [-0.1, -0.05) is 24.0 Å². The van der Waals surface area contributed by atoms with Crippen LogP contribution in [0.15, 0.2) is 79.6 Å². The van der Waals surface area contributed by atoms with Crippen LogP contribution in [-0.2, 0) is 6.42 Å². The average molecular weight is 396 g/mol. The van der Waals surface area contributed by atoms with Gasteiger partial charge in [-0.2, -0.15) is 0 Å². The molecule has 0 unspecified atom stereocenters. The second-order valence-electron chi connectivity index (χ2n) is 6.90. The van der Waals surface area contributed by atoms with Crippen molar-refractivity contribution in [1.82, 2.24) is 9.97 Å². The topological polar surface area (TPSA) is 25.8 Å². The second-order valence-corrected chi connectivity index (χ2v) is 6.90. The Morgan fingerprint density at radius 2 is 1.43 bits per heavy atom. The first-order chi connectivity index (χ1) is 14.6. The first kappa shape index (κ1) is 19.5. The molecule has 0 atom stereocenters. The number of aromatic nitrogens is 2. The van der Waals surface area contributed by atoms with Crippen molar-refractivity contribution in [1.29, 1.82) is 0 Å². The summed E-state index contributed by atoms with van der Waals surface area (Å²) in [6.45, 7) is 3.72. The van der Waals surface area contributed by atoms with E-state index in [-0.39, 0.29) is 0 Å². The van der Waals surface area contributed by atoms with Crippen LogP contribution in [-0.4, -0.2) is 9.97 Å². The molecule has 2 nitrogen and oxygen atoms in total. The van der Waals surface area contributed by atoms with E-state index >= 15 is 0 Å². The fourth-order valence-electron chi connectivity index (χ4n) is 3.07. The lowest BCUT2D eigenvalue weighted by Crippen LogP contribution is -1.92. The van der Waals surface area contributed by atoms with Gasteiger partial charge in [0.05, 0.1) is 0 Å². The Bertz CT molecular complexity index is 1260. The smallest absolute Gasteiger partial charge is 0.159 e. The van der Waals surface area contributed by atoms with Crippen LogP contribution in [0.25, 0.3) is 22.2 Å². The van der Waals surface area contributed by atoms with Crippen LogP contribution in [0.4, 0.5) is 8.78 Å². The van der Waals surface area contributed by atoms with Gasteiger partial charge in [-0.25, -0.2) is 18.7 Å². The van der Waals surface area contributed by atoms with E-state index in [9.17, 15) is 8.78 Å². The van der Waals surface area contributed by atoms with Crippen LogP contribution in [0.5, 0.6) is 0 Å². The molecular formula is C26H18F2N2. The maximum absolute atomic E-state index is 13.5. The minimum Gasteiger partial charge on any atom is -0.236 e. The minimum atomic E-state index is -0.862. The number of hydrogen-bond donors (Lipinski definition) is 0. The van der Waals surface area contributed by atoms with Gasteiger partial charge >= 0.3 is 0 Å². The Morgan fingerprint density at radius 3 is 2.13 bits per heavy atom. The first-order valence-electron chi connectivity index (χ1n) is 9.55. The Morgan fingerprint density at radius 1 is 0.800 bits per heavy atom. The molecule has 0 bridgehead atoms. The molecule has 0 saturated heterocycles. The van der Waals surface area contributed by atoms with Crippen LogP contribution < -0.4 is 0 Å². The van der Waals surface area contributed by atoms with Crippen molar-refractivity contribution in [2.45, 2.75) is 12.8 Å². The van der Waals surface area contributed by atoms with Gasteiger partial charge < -0.3 is 0 Å². The van der Waals surface area contributed by atoms with Crippen LogP contribution >= 0.6 is 0 Å². The highest BCUT2D eigenvalue weighted by atomic mass is 19.2. The zero-order valence-electron chi connectivity index (χ0n) is 16.2. The van der Waals surface area contributed by atoms with E-state index in [1.54, 1.807) is 18.2 Å². The lowest BCUT2D eigenvalue weighted by molar-refractivity contribution is 0.511. The van der Waals surface area contributed by atoms with Crippen LogP contribution in [0, 0.1) is 23.5 Å². The summed E-state index contributed by atoms with van der Waals surface area (Å²) in [6.07, 6.45) is 7.35. The molecule has 0 radical (unpaired) electrons. The molecule has 0 fully saturated rings. The molecule has 4 aromatic rings. The molecule has 4 rings (SSSR count). The van der Waals surface area contributed by atoms with Gasteiger partial charge in [0.15, 0.2) is 17.5 Å². The molecule has 0 spiro atoms. The van der Waals surface area contributed by atoms with E-state index in [2.05, 4.69) is 28.4 Å². The molecule has 0 aliphatic heterocycles. The SMILES string of the molecule is C=CCCc1cnc(-c2ccc(C#Cc3ccc4cc(F)c(F)cc4c3)cc2)nc1. The fraction of sp³-hybridized carbons (Fsp3) is 0.0769. The zero-order valence-corrected chi connectivity index (χ0v) is 16.2. The molecule has 0 N–H and O–H groups in total. The standard InChI is InChI=1S/C26H18F2N2/c1-2-3-4-20-16-29-26(30-17-20)21-10-7-18(8-11-21)5-6-19-9-12-22-14-24(27)25(28)15-23(22)13-19/h2,7-17H,1,3-4H2. The second kappa shape index (κ2) is 8.67. The van der Waals surface area contributed by atoms with E-state index in [0.717, 1.165) is 35.1 Å². The van der Waals surface area contributed by atoms with E-state index in [1.807, 2.05) is 42.7 Å². The molecular weight excluding hydrogens is 378 g/mol. The molecule has 1 heterocycles. The summed E-state index contributed by atoms with van der Waals surface area (Å²) in [5.74, 6) is 5.12. The summed E-state index contributed by atoms with van der Waals surface area (Å²) in [7, 11) is 0. The molecule has 3 aromatic carbocycles. The summed E-state index contributed by atoms with van der Waals surface area (Å²) in [4.78, 5) is 8.86. The minimum absolute atomic E-state index is 0.615. The van der Waals surface area contributed by atoms with Crippen molar-refractivity contribution < 1.29 is 8.78 Å². The van der Waals surface area contributed by atoms with Gasteiger partial charge in [0.1, 0.15) is 0 Å². The zero-order chi connectivity index (χ0) is 20.9. The van der Waals surface area contributed by atoms with Crippen molar-refractivity contribution >= 4 is 10.8 Å². The van der Waals surface area contributed by atoms with E-state index < -0.39 is 11.6 Å². The summed E-state index contributed by atoms with van der Waals surface area (Å²) in [6, 6.07) is 15.3. The van der Waals surface area contributed by atoms with E-state index in [0.29, 0.717) is 16.6 Å². The van der Waals surface area contributed by atoms with Gasteiger partial charge in [-0.15, -0.1) is 6.58 Å². The molecule has 0 saturated carbocycles. The lowest BCUT2D eigenvalue weighted by Gasteiger charge is -2.02. The predicted molar refractivity (Wildman–Crippen MR) is 116 cm³/mol. The maximum Gasteiger partial charge on any atom is 0.159 e. The average Bonchev–Trinajstić information content (AvgIpc) is 2.78. The van der Waals surface area contributed by atoms with Crippen molar-refractivity contribution in [3.8, 4) is 23.2 Å². The van der Waals surface area contributed by atoms with Gasteiger partial charge in [0, 0.05) is 29.1 Å². The highest BCUT2D eigenvalue weighted by molar-refractivity contribution is 5.84. The van der Waals surface area contributed by atoms with Crippen molar-refractivity contribution in [2.24, 2.45) is 0 Å². The number of halogens is 2. The third kappa shape index (κ3) is 4.42. The molecule has 4 heteroatoms.